The van der Waals surface area contributed by atoms with E-state index >= 15 is 0 Å². The first kappa shape index (κ1) is 12.8. The molecule has 0 amide bonds. The fraction of sp³-hybridized carbons (Fsp3) is 0.364. The van der Waals surface area contributed by atoms with E-state index in [2.05, 4.69) is 15.1 Å². The molecule has 2 rings (SSSR count). The Morgan fingerprint density at radius 1 is 1.50 bits per heavy atom. The molecule has 0 bridgehead atoms. The smallest absolute Gasteiger partial charge is 0.157 e. The molecule has 7 heteroatoms. The number of halogens is 1. The predicted molar refractivity (Wildman–Crippen MR) is 69.0 cm³/mol. The Morgan fingerprint density at radius 2 is 2.28 bits per heavy atom. The van der Waals surface area contributed by atoms with Crippen molar-refractivity contribution in [3.63, 3.8) is 0 Å². The number of aromatic nitrogens is 4. The molecule has 2 heterocycles. The largest absolute Gasteiger partial charge is 0.382 e. The third-order valence-corrected chi connectivity index (χ3v) is 2.67. The maximum atomic E-state index is 5.99. The van der Waals surface area contributed by atoms with Crippen LogP contribution in [0.25, 0.3) is 11.3 Å². The molecule has 0 aromatic carbocycles. The third kappa shape index (κ3) is 2.60. The first-order valence-electron chi connectivity index (χ1n) is 5.56. The predicted octanol–water partition coefficient (Wildman–Crippen LogP) is 2.13. The highest BCUT2D eigenvalue weighted by molar-refractivity contribution is 6.31. The van der Waals surface area contributed by atoms with E-state index in [9.17, 15) is 0 Å². The zero-order valence-corrected chi connectivity index (χ0v) is 10.9. The second-order valence-electron chi connectivity index (χ2n) is 3.70. The van der Waals surface area contributed by atoms with E-state index in [1.165, 1.54) is 6.20 Å². The van der Waals surface area contributed by atoms with Crippen molar-refractivity contribution in [2.75, 3.05) is 12.3 Å². The molecule has 1 atom stereocenters. The molecule has 0 saturated heterocycles. The highest BCUT2D eigenvalue weighted by Crippen LogP contribution is 2.24. The Morgan fingerprint density at radius 3 is 2.94 bits per heavy atom. The summed E-state index contributed by atoms with van der Waals surface area (Å²) < 4.78 is 7.14. The average Bonchev–Trinajstić information content (AvgIpc) is 2.78. The maximum Gasteiger partial charge on any atom is 0.157 e. The molecular formula is C11H14ClN5O. The lowest BCUT2D eigenvalue weighted by Gasteiger charge is -2.11. The van der Waals surface area contributed by atoms with Crippen LogP contribution in [0.3, 0.4) is 0 Å². The zero-order chi connectivity index (χ0) is 13.1. The SMILES string of the molecule is CCOC(C)n1cc(-c2ncc(N)nc2Cl)cn1. The van der Waals surface area contributed by atoms with Gasteiger partial charge in [-0.2, -0.15) is 5.10 Å². The number of nitrogens with zero attached hydrogens (tertiary/aromatic N) is 4. The number of ether oxygens (including phenoxy) is 1. The van der Waals surface area contributed by atoms with E-state index in [-0.39, 0.29) is 11.4 Å². The van der Waals surface area contributed by atoms with Gasteiger partial charge in [0.05, 0.1) is 12.4 Å². The summed E-state index contributed by atoms with van der Waals surface area (Å²) in [5.41, 5.74) is 6.83. The van der Waals surface area contributed by atoms with Crippen LogP contribution in [0.5, 0.6) is 0 Å². The quantitative estimate of drug-likeness (QED) is 0.918. The molecule has 0 saturated carbocycles. The van der Waals surface area contributed by atoms with Crippen LogP contribution < -0.4 is 5.73 Å². The Labute approximate surface area is 110 Å². The van der Waals surface area contributed by atoms with E-state index in [0.717, 1.165) is 5.56 Å². The molecule has 2 N–H and O–H groups in total. The van der Waals surface area contributed by atoms with Gasteiger partial charge in [0.1, 0.15) is 17.7 Å². The lowest BCUT2D eigenvalue weighted by Crippen LogP contribution is -2.09. The second kappa shape index (κ2) is 5.32. The van der Waals surface area contributed by atoms with Crippen LogP contribution in [0.15, 0.2) is 18.6 Å². The lowest BCUT2D eigenvalue weighted by molar-refractivity contribution is 0.0160. The van der Waals surface area contributed by atoms with Crippen LogP contribution >= 0.6 is 11.6 Å². The molecule has 2 aromatic rings. The number of hydrogen-bond acceptors (Lipinski definition) is 5. The maximum absolute atomic E-state index is 5.99. The van der Waals surface area contributed by atoms with Crippen molar-refractivity contribution in [2.24, 2.45) is 0 Å². The van der Waals surface area contributed by atoms with Crippen molar-refractivity contribution in [1.29, 1.82) is 0 Å². The fourth-order valence-electron chi connectivity index (χ4n) is 1.55. The van der Waals surface area contributed by atoms with Gasteiger partial charge in [-0.05, 0) is 13.8 Å². The summed E-state index contributed by atoms with van der Waals surface area (Å²) in [7, 11) is 0. The van der Waals surface area contributed by atoms with Crippen molar-refractivity contribution in [3.8, 4) is 11.3 Å². The Hall–Kier alpha value is -1.66. The molecule has 0 aliphatic carbocycles. The molecule has 6 nitrogen and oxygen atoms in total. The minimum atomic E-state index is -0.135. The number of rotatable bonds is 4. The Bertz CT molecular complexity index is 542. The van der Waals surface area contributed by atoms with Gasteiger partial charge in [-0.25, -0.2) is 14.6 Å². The minimum Gasteiger partial charge on any atom is -0.382 e. The molecule has 0 fully saturated rings. The first-order valence-corrected chi connectivity index (χ1v) is 5.93. The normalized spacial score (nSPS) is 12.6. The van der Waals surface area contributed by atoms with Crippen LogP contribution in [0.2, 0.25) is 5.15 Å². The number of nitrogens with two attached hydrogens (primary N) is 1. The van der Waals surface area contributed by atoms with Crippen LogP contribution in [0.1, 0.15) is 20.1 Å². The lowest BCUT2D eigenvalue weighted by atomic mass is 10.3. The van der Waals surface area contributed by atoms with Crippen LogP contribution in [-0.2, 0) is 4.74 Å². The average molecular weight is 268 g/mol. The standard InChI is InChI=1S/C11H14ClN5O/c1-3-18-7(2)17-6-8(4-15-17)10-11(12)16-9(13)5-14-10/h4-7H,3H2,1-2H3,(H2,13,16). The van der Waals surface area contributed by atoms with Crippen LogP contribution in [-0.4, -0.2) is 26.4 Å². The van der Waals surface area contributed by atoms with Crippen molar-refractivity contribution in [1.82, 2.24) is 19.7 Å². The minimum absolute atomic E-state index is 0.135. The number of nitrogen functional groups attached to an aromatic ring is 1. The second-order valence-corrected chi connectivity index (χ2v) is 4.06. The topological polar surface area (TPSA) is 78.9 Å². The van der Waals surface area contributed by atoms with Crippen LogP contribution in [0, 0.1) is 0 Å². The van der Waals surface area contributed by atoms with Crippen molar-refractivity contribution < 1.29 is 4.74 Å². The molecule has 0 aliphatic rings. The summed E-state index contributed by atoms with van der Waals surface area (Å²) in [5.74, 6) is 0.291. The molecular weight excluding hydrogens is 254 g/mol. The number of hydrogen-bond donors (Lipinski definition) is 1. The van der Waals surface area contributed by atoms with Gasteiger partial charge >= 0.3 is 0 Å². The molecule has 0 spiro atoms. The summed E-state index contributed by atoms with van der Waals surface area (Å²) in [6.07, 6.45) is 4.81. The monoisotopic (exact) mass is 267 g/mol. The van der Waals surface area contributed by atoms with E-state index < -0.39 is 0 Å². The van der Waals surface area contributed by atoms with Gasteiger partial charge in [-0.15, -0.1) is 0 Å². The van der Waals surface area contributed by atoms with Gasteiger partial charge < -0.3 is 10.5 Å². The van der Waals surface area contributed by atoms with Gasteiger partial charge in [0.25, 0.3) is 0 Å². The first-order chi connectivity index (χ1) is 8.61. The fourth-order valence-corrected chi connectivity index (χ4v) is 1.80. The zero-order valence-electron chi connectivity index (χ0n) is 10.2. The van der Waals surface area contributed by atoms with E-state index in [1.54, 1.807) is 10.9 Å². The van der Waals surface area contributed by atoms with E-state index in [4.69, 9.17) is 22.1 Å². The summed E-state index contributed by atoms with van der Waals surface area (Å²) in [5, 5.41) is 4.47. The summed E-state index contributed by atoms with van der Waals surface area (Å²) >= 11 is 5.99. The summed E-state index contributed by atoms with van der Waals surface area (Å²) in [4.78, 5) is 8.11. The Kier molecular flexibility index (Phi) is 3.78. The van der Waals surface area contributed by atoms with Gasteiger partial charge in [-0.1, -0.05) is 11.6 Å². The highest BCUT2D eigenvalue weighted by atomic mass is 35.5. The third-order valence-electron chi connectivity index (χ3n) is 2.40. The van der Waals surface area contributed by atoms with Crippen molar-refractivity contribution >= 4 is 17.4 Å². The van der Waals surface area contributed by atoms with Crippen LogP contribution in [0.4, 0.5) is 5.82 Å². The molecule has 18 heavy (non-hydrogen) atoms. The molecule has 96 valence electrons. The van der Waals surface area contributed by atoms with E-state index in [0.29, 0.717) is 18.1 Å². The van der Waals surface area contributed by atoms with Gasteiger partial charge in [0.2, 0.25) is 0 Å². The van der Waals surface area contributed by atoms with Gasteiger partial charge in [0, 0.05) is 18.4 Å². The highest BCUT2D eigenvalue weighted by Gasteiger charge is 2.12. The van der Waals surface area contributed by atoms with Crippen molar-refractivity contribution in [3.05, 3.63) is 23.7 Å². The summed E-state index contributed by atoms with van der Waals surface area (Å²) in [6, 6.07) is 0. The van der Waals surface area contributed by atoms with Crippen molar-refractivity contribution in [2.45, 2.75) is 20.1 Å². The molecule has 0 radical (unpaired) electrons. The number of anilines is 1. The van der Waals surface area contributed by atoms with E-state index in [1.807, 2.05) is 20.0 Å². The summed E-state index contributed by atoms with van der Waals surface area (Å²) in [6.45, 7) is 4.47. The molecule has 0 aliphatic heterocycles. The van der Waals surface area contributed by atoms with Gasteiger partial charge in [0.15, 0.2) is 5.15 Å². The van der Waals surface area contributed by atoms with Gasteiger partial charge in [-0.3, -0.25) is 0 Å². The Balaban J connectivity index is 2.29. The molecule has 1 unspecified atom stereocenters. The molecule has 2 aromatic heterocycles.